The third kappa shape index (κ3) is 2.53. The summed E-state index contributed by atoms with van der Waals surface area (Å²) in [5.41, 5.74) is 4.80. The molecule has 1 fully saturated rings. The van der Waals surface area contributed by atoms with Crippen LogP contribution in [0, 0.1) is 24.2 Å². The number of pyridine rings is 1. The normalized spacial score (nSPS) is 22.2. The van der Waals surface area contributed by atoms with Crippen molar-refractivity contribution in [3.63, 3.8) is 0 Å². The number of carbonyl (C=O) groups is 1. The summed E-state index contributed by atoms with van der Waals surface area (Å²) in [6, 6.07) is 4.41. The van der Waals surface area contributed by atoms with Crippen LogP contribution in [0.1, 0.15) is 42.8 Å². The van der Waals surface area contributed by atoms with E-state index in [9.17, 15) is 4.79 Å². The molecule has 1 amide bonds. The van der Waals surface area contributed by atoms with E-state index in [0.717, 1.165) is 30.5 Å². The van der Waals surface area contributed by atoms with Crippen molar-refractivity contribution in [2.24, 2.45) is 5.92 Å². The van der Waals surface area contributed by atoms with Gasteiger partial charge in [0.2, 0.25) is 5.91 Å². The molecule has 0 aromatic carbocycles. The molecule has 0 radical (unpaired) electrons. The molecule has 1 aliphatic carbocycles. The van der Waals surface area contributed by atoms with Crippen LogP contribution in [0.2, 0.25) is 0 Å². The molecule has 128 valence electrons. The van der Waals surface area contributed by atoms with Gasteiger partial charge in [0.1, 0.15) is 6.42 Å². The number of aromatic nitrogens is 2. The molecule has 5 nitrogen and oxygen atoms in total. The molecule has 5 heteroatoms. The Bertz CT molecular complexity index is 918. The van der Waals surface area contributed by atoms with E-state index >= 15 is 0 Å². The second-order valence-corrected chi connectivity index (χ2v) is 7.19. The standard InChI is InChI=1S/C20H22N4O/c1-13-7-9-23(19(25)6-8-21)12-18(13)24-14(2)10-15-11-22-17-5-3-4-16(17)20(15)24/h3-4,10-11,13,18H,5-7,9,12H2,1-2H3/t13-,18+/m1/s1. The Morgan fingerprint density at radius 3 is 3.12 bits per heavy atom. The first-order valence-electron chi connectivity index (χ1n) is 8.91. The lowest BCUT2D eigenvalue weighted by molar-refractivity contribution is -0.132. The first kappa shape index (κ1) is 15.9. The summed E-state index contributed by atoms with van der Waals surface area (Å²) >= 11 is 0. The lowest BCUT2D eigenvalue weighted by atomic mass is 9.92. The van der Waals surface area contributed by atoms with Gasteiger partial charge in [-0.25, -0.2) is 0 Å². The van der Waals surface area contributed by atoms with Gasteiger partial charge in [0.15, 0.2) is 0 Å². The molecule has 2 aliphatic rings. The minimum Gasteiger partial charge on any atom is -0.340 e. The highest BCUT2D eigenvalue weighted by Gasteiger charge is 2.32. The van der Waals surface area contributed by atoms with Gasteiger partial charge in [-0.15, -0.1) is 0 Å². The zero-order chi connectivity index (χ0) is 17.6. The number of amides is 1. The van der Waals surface area contributed by atoms with Crippen molar-refractivity contribution in [1.29, 1.82) is 5.26 Å². The number of aryl methyl sites for hydroxylation is 1. The van der Waals surface area contributed by atoms with Crippen LogP contribution >= 0.6 is 0 Å². The van der Waals surface area contributed by atoms with Gasteiger partial charge in [-0.1, -0.05) is 19.1 Å². The third-order valence-electron chi connectivity index (χ3n) is 5.61. The Balaban J connectivity index is 1.79. The average Bonchev–Trinajstić information content (AvgIpc) is 3.18. The number of hydrogen-bond acceptors (Lipinski definition) is 3. The summed E-state index contributed by atoms with van der Waals surface area (Å²) in [6.45, 7) is 5.82. The molecule has 0 spiro atoms. The maximum Gasteiger partial charge on any atom is 0.236 e. The van der Waals surface area contributed by atoms with E-state index in [4.69, 9.17) is 5.26 Å². The van der Waals surface area contributed by atoms with Gasteiger partial charge in [0.25, 0.3) is 0 Å². The minimum atomic E-state index is -0.0553. The Hall–Kier alpha value is -2.61. The number of piperidine rings is 1. The van der Waals surface area contributed by atoms with Crippen LogP contribution in [0.3, 0.4) is 0 Å². The van der Waals surface area contributed by atoms with E-state index in [1.165, 1.54) is 16.8 Å². The van der Waals surface area contributed by atoms with Crippen LogP contribution in [-0.2, 0) is 11.2 Å². The van der Waals surface area contributed by atoms with Gasteiger partial charge in [-0.3, -0.25) is 9.78 Å². The lowest BCUT2D eigenvalue weighted by Crippen LogP contribution is -2.44. The molecule has 0 saturated carbocycles. The smallest absolute Gasteiger partial charge is 0.236 e. The van der Waals surface area contributed by atoms with E-state index in [-0.39, 0.29) is 18.4 Å². The predicted molar refractivity (Wildman–Crippen MR) is 96.8 cm³/mol. The van der Waals surface area contributed by atoms with E-state index in [1.54, 1.807) is 0 Å². The second kappa shape index (κ2) is 6.03. The molecule has 2 aromatic rings. The van der Waals surface area contributed by atoms with Crippen molar-refractivity contribution >= 4 is 22.9 Å². The van der Waals surface area contributed by atoms with E-state index in [1.807, 2.05) is 17.2 Å². The molecule has 3 heterocycles. The fourth-order valence-corrected chi connectivity index (χ4v) is 4.26. The zero-order valence-electron chi connectivity index (χ0n) is 14.7. The molecule has 0 unspecified atom stereocenters. The fraction of sp³-hybridized carbons (Fsp3) is 0.450. The van der Waals surface area contributed by atoms with E-state index in [2.05, 4.69) is 41.6 Å². The Morgan fingerprint density at radius 2 is 2.32 bits per heavy atom. The Labute approximate surface area is 147 Å². The molecule has 1 aliphatic heterocycles. The summed E-state index contributed by atoms with van der Waals surface area (Å²) in [5.74, 6) is 0.426. The highest BCUT2D eigenvalue weighted by molar-refractivity contribution is 5.91. The van der Waals surface area contributed by atoms with Gasteiger partial charge in [-0.2, -0.15) is 5.26 Å². The molecule has 2 atom stereocenters. The van der Waals surface area contributed by atoms with E-state index < -0.39 is 0 Å². The lowest BCUT2D eigenvalue weighted by Gasteiger charge is -2.39. The number of allylic oxidation sites excluding steroid dienone is 1. The van der Waals surface area contributed by atoms with Crippen molar-refractivity contribution in [3.05, 3.63) is 35.3 Å². The molecule has 2 aromatic heterocycles. The van der Waals surface area contributed by atoms with E-state index in [0.29, 0.717) is 12.5 Å². The predicted octanol–water partition coefficient (Wildman–Crippen LogP) is 3.24. The summed E-state index contributed by atoms with van der Waals surface area (Å²) in [7, 11) is 0. The number of nitrogens with zero attached hydrogens (tertiary/aromatic N) is 4. The quantitative estimate of drug-likeness (QED) is 0.847. The van der Waals surface area contributed by atoms with Crippen molar-refractivity contribution < 1.29 is 4.79 Å². The number of likely N-dealkylation sites (tertiary alicyclic amines) is 1. The minimum absolute atomic E-state index is 0.0332. The Kier molecular flexibility index (Phi) is 3.84. The Morgan fingerprint density at radius 1 is 1.48 bits per heavy atom. The van der Waals surface area contributed by atoms with Crippen LogP contribution in [0.15, 0.2) is 18.3 Å². The third-order valence-corrected chi connectivity index (χ3v) is 5.61. The topological polar surface area (TPSA) is 61.9 Å². The fourth-order valence-electron chi connectivity index (χ4n) is 4.26. The second-order valence-electron chi connectivity index (χ2n) is 7.19. The van der Waals surface area contributed by atoms with Crippen molar-refractivity contribution in [3.8, 4) is 6.07 Å². The van der Waals surface area contributed by atoms with Gasteiger partial charge in [0.05, 0.1) is 23.3 Å². The molecule has 0 bridgehead atoms. The number of nitriles is 1. The first-order valence-corrected chi connectivity index (χ1v) is 8.91. The zero-order valence-corrected chi connectivity index (χ0v) is 14.7. The van der Waals surface area contributed by atoms with Crippen LogP contribution in [0.4, 0.5) is 0 Å². The summed E-state index contributed by atoms with van der Waals surface area (Å²) in [6.07, 6.45) is 8.13. The maximum atomic E-state index is 12.2. The van der Waals surface area contributed by atoms with Gasteiger partial charge in [0, 0.05) is 42.4 Å². The highest BCUT2D eigenvalue weighted by atomic mass is 16.2. The molecule has 25 heavy (non-hydrogen) atoms. The number of rotatable bonds is 2. The van der Waals surface area contributed by atoms with Crippen LogP contribution in [0.25, 0.3) is 17.0 Å². The summed E-state index contributed by atoms with van der Waals surface area (Å²) in [5, 5.41) is 10.0. The average molecular weight is 334 g/mol. The number of fused-ring (bicyclic) bond motifs is 3. The highest BCUT2D eigenvalue weighted by Crippen LogP contribution is 2.36. The molecule has 4 rings (SSSR count). The van der Waals surface area contributed by atoms with Crippen LogP contribution < -0.4 is 0 Å². The molecule has 0 N–H and O–H groups in total. The van der Waals surface area contributed by atoms with Crippen molar-refractivity contribution in [2.45, 2.75) is 39.2 Å². The largest absolute Gasteiger partial charge is 0.340 e. The molecular weight excluding hydrogens is 312 g/mol. The summed E-state index contributed by atoms with van der Waals surface area (Å²) < 4.78 is 2.40. The molecule has 1 saturated heterocycles. The number of hydrogen-bond donors (Lipinski definition) is 0. The maximum absolute atomic E-state index is 12.2. The van der Waals surface area contributed by atoms with Gasteiger partial charge < -0.3 is 9.47 Å². The van der Waals surface area contributed by atoms with Crippen molar-refractivity contribution in [2.75, 3.05) is 13.1 Å². The van der Waals surface area contributed by atoms with Crippen LogP contribution in [-0.4, -0.2) is 33.4 Å². The van der Waals surface area contributed by atoms with Crippen molar-refractivity contribution in [1.82, 2.24) is 14.5 Å². The molecular formula is C20H22N4O. The number of carbonyl (C=O) groups excluding carboxylic acids is 1. The monoisotopic (exact) mass is 334 g/mol. The first-order chi connectivity index (χ1) is 12.1. The van der Waals surface area contributed by atoms with Gasteiger partial charge in [-0.05, 0) is 25.3 Å². The van der Waals surface area contributed by atoms with Gasteiger partial charge >= 0.3 is 0 Å². The van der Waals surface area contributed by atoms with Crippen LogP contribution in [0.5, 0.6) is 0 Å². The SMILES string of the molecule is Cc1cc2cnc3c(c2n1[C@H]1CN(C(=O)CC#N)CC[C@H]1C)C=CC3. The summed E-state index contributed by atoms with van der Waals surface area (Å²) in [4.78, 5) is 18.7.